The van der Waals surface area contributed by atoms with Crippen molar-refractivity contribution >= 4 is 0 Å². The number of hydrogen-bond acceptors (Lipinski definition) is 0. The van der Waals surface area contributed by atoms with Crippen LogP contribution in [-0.4, -0.2) is 4.98 Å². The van der Waals surface area contributed by atoms with Crippen molar-refractivity contribution in [2.75, 3.05) is 0 Å². The van der Waals surface area contributed by atoms with Crippen molar-refractivity contribution in [1.29, 1.82) is 0 Å². The first-order chi connectivity index (χ1) is 4.86. The number of nitrogens with one attached hydrogen (secondary N) is 1. The fourth-order valence-corrected chi connectivity index (χ4v) is 1.11. The highest BCUT2D eigenvalue weighted by atomic mass is 14.7. The van der Waals surface area contributed by atoms with Crippen molar-refractivity contribution in [3.05, 3.63) is 23.5 Å². The third-order valence-corrected chi connectivity index (χ3v) is 1.73. The highest BCUT2D eigenvalue weighted by molar-refractivity contribution is 5.16. The fraction of sp³-hybridized carbons (Fsp3) is 0.556. The van der Waals surface area contributed by atoms with Gasteiger partial charge in [-0.3, -0.25) is 0 Å². The van der Waals surface area contributed by atoms with E-state index in [0.29, 0.717) is 0 Å². The van der Waals surface area contributed by atoms with Gasteiger partial charge in [0.25, 0.3) is 0 Å². The molecular weight excluding hydrogens is 122 g/mol. The Morgan fingerprint density at radius 1 is 1.40 bits per heavy atom. The topological polar surface area (TPSA) is 15.8 Å². The van der Waals surface area contributed by atoms with Crippen molar-refractivity contribution in [1.82, 2.24) is 4.98 Å². The molecule has 1 aromatic rings. The van der Waals surface area contributed by atoms with E-state index in [-0.39, 0.29) is 0 Å². The largest absolute Gasteiger partial charge is 0.365 e. The van der Waals surface area contributed by atoms with E-state index < -0.39 is 0 Å². The molecule has 56 valence electrons. The molecule has 0 fully saturated rings. The molecule has 0 bridgehead atoms. The molecule has 0 aliphatic carbocycles. The third kappa shape index (κ3) is 1.63. The minimum Gasteiger partial charge on any atom is -0.365 e. The van der Waals surface area contributed by atoms with Crippen LogP contribution >= 0.6 is 0 Å². The molecule has 1 N–H and O–H groups in total. The lowest BCUT2D eigenvalue weighted by molar-refractivity contribution is 0.892. The Morgan fingerprint density at radius 2 is 2.20 bits per heavy atom. The Balaban J connectivity index is 2.59. The minimum absolute atomic E-state index is 1.14. The summed E-state index contributed by atoms with van der Waals surface area (Å²) in [5.41, 5.74) is 2.79. The van der Waals surface area contributed by atoms with Gasteiger partial charge in [-0.05, 0) is 24.5 Å². The zero-order chi connectivity index (χ0) is 7.40. The molecule has 1 heteroatoms. The molecular formula is C9H15N. The number of hydrogen-bond donors (Lipinski definition) is 1. The van der Waals surface area contributed by atoms with Crippen molar-refractivity contribution < 1.29 is 0 Å². The summed E-state index contributed by atoms with van der Waals surface area (Å²) in [7, 11) is 0. The zero-order valence-electron chi connectivity index (χ0n) is 6.78. The first-order valence-corrected chi connectivity index (χ1v) is 4.03. The summed E-state index contributed by atoms with van der Waals surface area (Å²) in [4.78, 5) is 3.26. The molecule has 1 rings (SSSR count). The van der Waals surface area contributed by atoms with Gasteiger partial charge in [0.15, 0.2) is 0 Å². The molecule has 0 saturated carbocycles. The van der Waals surface area contributed by atoms with Crippen LogP contribution in [0.3, 0.4) is 0 Å². The minimum atomic E-state index is 1.14. The molecule has 0 unspecified atom stereocenters. The SMILES string of the molecule is CCCc1cc(CC)c[nH]1. The van der Waals surface area contributed by atoms with Crippen LogP contribution in [0, 0.1) is 0 Å². The first kappa shape index (κ1) is 7.39. The summed E-state index contributed by atoms with van der Waals surface area (Å²) in [6.07, 6.45) is 5.65. The predicted octanol–water partition coefficient (Wildman–Crippen LogP) is 2.53. The van der Waals surface area contributed by atoms with E-state index in [4.69, 9.17) is 0 Å². The van der Waals surface area contributed by atoms with Gasteiger partial charge >= 0.3 is 0 Å². The van der Waals surface area contributed by atoms with E-state index in [1.807, 2.05) is 0 Å². The molecule has 10 heavy (non-hydrogen) atoms. The Hall–Kier alpha value is -0.720. The Kier molecular flexibility index (Phi) is 2.55. The molecule has 0 aliphatic heterocycles. The summed E-state index contributed by atoms with van der Waals surface area (Å²) in [5, 5.41) is 0. The van der Waals surface area contributed by atoms with Crippen LogP contribution < -0.4 is 0 Å². The fourth-order valence-electron chi connectivity index (χ4n) is 1.11. The second kappa shape index (κ2) is 3.45. The van der Waals surface area contributed by atoms with Crippen molar-refractivity contribution in [2.24, 2.45) is 0 Å². The molecule has 0 spiro atoms. The van der Waals surface area contributed by atoms with E-state index in [1.54, 1.807) is 0 Å². The van der Waals surface area contributed by atoms with Crippen LogP contribution in [-0.2, 0) is 12.8 Å². The van der Waals surface area contributed by atoms with Crippen LogP contribution in [0.1, 0.15) is 31.5 Å². The smallest absolute Gasteiger partial charge is 0.0149 e. The number of aromatic nitrogens is 1. The summed E-state index contributed by atoms with van der Waals surface area (Å²) in [5.74, 6) is 0. The molecule has 1 aromatic heterocycles. The van der Waals surface area contributed by atoms with Crippen LogP contribution in [0.15, 0.2) is 12.3 Å². The Bertz CT molecular complexity index is 188. The highest BCUT2D eigenvalue weighted by Gasteiger charge is 1.94. The maximum atomic E-state index is 3.26. The van der Waals surface area contributed by atoms with Gasteiger partial charge in [-0.1, -0.05) is 20.3 Å². The van der Waals surface area contributed by atoms with Gasteiger partial charge in [0, 0.05) is 11.9 Å². The molecule has 0 atom stereocenters. The van der Waals surface area contributed by atoms with Crippen molar-refractivity contribution in [3.8, 4) is 0 Å². The molecule has 0 amide bonds. The average molecular weight is 137 g/mol. The zero-order valence-corrected chi connectivity index (χ0v) is 6.78. The molecule has 0 aromatic carbocycles. The Labute approximate surface area is 62.5 Å². The normalized spacial score (nSPS) is 10.2. The number of H-pyrrole nitrogens is 1. The van der Waals surface area contributed by atoms with Gasteiger partial charge in [-0.25, -0.2) is 0 Å². The maximum Gasteiger partial charge on any atom is 0.0149 e. The van der Waals surface area contributed by atoms with Crippen LogP contribution in [0.4, 0.5) is 0 Å². The van der Waals surface area contributed by atoms with E-state index in [1.165, 1.54) is 24.1 Å². The van der Waals surface area contributed by atoms with Crippen LogP contribution in [0.5, 0.6) is 0 Å². The van der Waals surface area contributed by atoms with Gasteiger partial charge in [-0.15, -0.1) is 0 Å². The molecule has 0 saturated heterocycles. The van der Waals surface area contributed by atoms with Crippen LogP contribution in [0.2, 0.25) is 0 Å². The highest BCUT2D eigenvalue weighted by Crippen LogP contribution is 2.05. The lowest BCUT2D eigenvalue weighted by Gasteiger charge is -1.88. The van der Waals surface area contributed by atoms with Crippen LogP contribution in [0.25, 0.3) is 0 Å². The Morgan fingerprint density at radius 3 is 2.70 bits per heavy atom. The monoisotopic (exact) mass is 137 g/mol. The number of rotatable bonds is 3. The lowest BCUT2D eigenvalue weighted by Crippen LogP contribution is -1.79. The standard InChI is InChI=1S/C9H15N/c1-3-5-9-6-8(4-2)7-10-9/h6-7,10H,3-5H2,1-2H3. The molecule has 1 nitrogen and oxygen atoms in total. The van der Waals surface area contributed by atoms with Crippen molar-refractivity contribution in [3.63, 3.8) is 0 Å². The maximum absolute atomic E-state index is 3.26. The van der Waals surface area contributed by atoms with Gasteiger partial charge in [-0.2, -0.15) is 0 Å². The summed E-state index contributed by atoms with van der Waals surface area (Å²) in [6.45, 7) is 4.38. The summed E-state index contributed by atoms with van der Waals surface area (Å²) >= 11 is 0. The van der Waals surface area contributed by atoms with Gasteiger partial charge in [0.05, 0.1) is 0 Å². The molecule has 0 radical (unpaired) electrons. The summed E-state index contributed by atoms with van der Waals surface area (Å²) in [6, 6.07) is 2.25. The summed E-state index contributed by atoms with van der Waals surface area (Å²) < 4.78 is 0. The quantitative estimate of drug-likeness (QED) is 0.659. The first-order valence-electron chi connectivity index (χ1n) is 4.03. The molecule has 1 heterocycles. The lowest BCUT2D eigenvalue weighted by atomic mass is 10.2. The average Bonchev–Trinajstić information content (AvgIpc) is 2.37. The van der Waals surface area contributed by atoms with E-state index in [2.05, 4.69) is 31.1 Å². The van der Waals surface area contributed by atoms with Gasteiger partial charge in [0.1, 0.15) is 0 Å². The van der Waals surface area contributed by atoms with Crippen molar-refractivity contribution in [2.45, 2.75) is 33.1 Å². The predicted molar refractivity (Wildman–Crippen MR) is 44.2 cm³/mol. The third-order valence-electron chi connectivity index (χ3n) is 1.73. The van der Waals surface area contributed by atoms with E-state index in [9.17, 15) is 0 Å². The second-order valence-electron chi connectivity index (χ2n) is 2.64. The molecule has 0 aliphatic rings. The number of aryl methyl sites for hydroxylation is 2. The van der Waals surface area contributed by atoms with E-state index >= 15 is 0 Å². The van der Waals surface area contributed by atoms with Gasteiger partial charge in [0.2, 0.25) is 0 Å². The van der Waals surface area contributed by atoms with E-state index in [0.717, 1.165) is 6.42 Å². The second-order valence-corrected chi connectivity index (χ2v) is 2.64. The van der Waals surface area contributed by atoms with Gasteiger partial charge < -0.3 is 4.98 Å². The number of aromatic amines is 1.